The third-order valence-electron chi connectivity index (χ3n) is 5.55. The lowest BCUT2D eigenvalue weighted by molar-refractivity contribution is -0.147. The maximum Gasteiger partial charge on any atom is 0.308 e. The molecule has 33 heavy (non-hydrogen) atoms. The minimum absolute atomic E-state index is 0.0137. The number of hydrogen-bond donors (Lipinski definition) is 0. The molecule has 3 aromatic rings. The highest BCUT2D eigenvalue weighted by molar-refractivity contribution is 6.30. The zero-order valence-electron chi connectivity index (χ0n) is 19.0. The molecule has 0 saturated carbocycles. The predicted molar refractivity (Wildman–Crippen MR) is 122 cm³/mol. The van der Waals surface area contributed by atoms with Crippen LogP contribution in [-0.4, -0.2) is 41.6 Å². The monoisotopic (exact) mass is 471 g/mol. The molecule has 2 heterocycles. The summed E-state index contributed by atoms with van der Waals surface area (Å²) in [5.74, 6) is 2.02. The molecule has 1 aromatic heterocycles. The van der Waals surface area contributed by atoms with E-state index in [0.29, 0.717) is 28.8 Å². The number of halogens is 1. The number of methoxy groups -OCH3 is 2. The van der Waals surface area contributed by atoms with Gasteiger partial charge in [0.25, 0.3) is 0 Å². The maximum atomic E-state index is 12.5. The van der Waals surface area contributed by atoms with Gasteiger partial charge in [0.2, 0.25) is 0 Å². The molecule has 2 atom stereocenters. The first-order valence-corrected chi connectivity index (χ1v) is 11.2. The second-order valence-electron chi connectivity index (χ2n) is 7.46. The van der Waals surface area contributed by atoms with Crippen LogP contribution in [-0.2, 0) is 20.7 Å². The van der Waals surface area contributed by atoms with Gasteiger partial charge in [-0.15, -0.1) is 10.2 Å². The second-order valence-corrected chi connectivity index (χ2v) is 7.90. The van der Waals surface area contributed by atoms with Gasteiger partial charge in [0.1, 0.15) is 18.0 Å². The first-order chi connectivity index (χ1) is 16.0. The number of aromatic nitrogens is 3. The molecule has 4 rings (SSSR count). The van der Waals surface area contributed by atoms with Crippen molar-refractivity contribution in [3.05, 3.63) is 64.2 Å². The summed E-state index contributed by atoms with van der Waals surface area (Å²) in [7, 11) is 3.16. The van der Waals surface area contributed by atoms with Crippen molar-refractivity contribution in [1.82, 2.24) is 14.8 Å². The van der Waals surface area contributed by atoms with E-state index in [1.54, 1.807) is 21.1 Å². The van der Waals surface area contributed by atoms with E-state index in [4.69, 9.17) is 30.5 Å². The number of fused-ring (bicyclic) bond motifs is 3. The Kier molecular flexibility index (Phi) is 6.85. The fraction of sp³-hybridized carbons (Fsp3) is 0.375. The van der Waals surface area contributed by atoms with Crippen LogP contribution >= 0.6 is 11.6 Å². The molecule has 0 fully saturated rings. The van der Waals surface area contributed by atoms with Crippen molar-refractivity contribution in [1.29, 1.82) is 0 Å². The Bertz CT molecular complexity index is 1160. The van der Waals surface area contributed by atoms with Crippen LogP contribution in [0.15, 0.2) is 36.4 Å². The second kappa shape index (κ2) is 9.80. The van der Waals surface area contributed by atoms with Crippen molar-refractivity contribution in [3.8, 4) is 17.2 Å². The lowest BCUT2D eigenvalue weighted by Crippen LogP contribution is -2.17. The van der Waals surface area contributed by atoms with E-state index in [1.165, 1.54) is 0 Å². The number of carbonyl (C=O) groups is 1. The lowest BCUT2D eigenvalue weighted by Gasteiger charge is -2.24. The fourth-order valence-corrected chi connectivity index (χ4v) is 4.32. The Labute approximate surface area is 197 Å². The number of benzene rings is 2. The molecule has 2 aromatic carbocycles. The van der Waals surface area contributed by atoms with E-state index in [-0.39, 0.29) is 19.0 Å². The number of ether oxygens (including phenoxy) is 4. The molecular weight excluding hydrogens is 446 g/mol. The molecule has 0 radical (unpaired) electrons. The summed E-state index contributed by atoms with van der Waals surface area (Å²) in [6.45, 7) is 4.05. The minimum Gasteiger partial charge on any atom is -0.493 e. The highest BCUT2D eigenvalue weighted by atomic mass is 35.5. The highest BCUT2D eigenvalue weighted by Crippen LogP contribution is 2.46. The van der Waals surface area contributed by atoms with Gasteiger partial charge in [-0.3, -0.25) is 9.36 Å². The zero-order chi connectivity index (χ0) is 23.5. The first-order valence-electron chi connectivity index (χ1n) is 10.8. The number of nitrogens with zero attached hydrogens (tertiary/aromatic N) is 3. The van der Waals surface area contributed by atoms with Crippen LogP contribution in [0.4, 0.5) is 0 Å². The van der Waals surface area contributed by atoms with Gasteiger partial charge in [-0.25, -0.2) is 0 Å². The Morgan fingerprint density at radius 3 is 2.64 bits per heavy atom. The Morgan fingerprint density at radius 1 is 1.12 bits per heavy atom. The molecule has 0 unspecified atom stereocenters. The molecule has 9 heteroatoms. The molecule has 0 amide bonds. The van der Waals surface area contributed by atoms with E-state index < -0.39 is 12.2 Å². The van der Waals surface area contributed by atoms with E-state index in [1.807, 2.05) is 47.9 Å². The molecule has 0 N–H and O–H groups in total. The van der Waals surface area contributed by atoms with Gasteiger partial charge < -0.3 is 18.9 Å². The summed E-state index contributed by atoms with van der Waals surface area (Å²) in [6.07, 6.45) is -0.687. The summed E-state index contributed by atoms with van der Waals surface area (Å²) >= 11 is 6.43. The van der Waals surface area contributed by atoms with Crippen LogP contribution in [0.1, 0.15) is 55.3 Å². The van der Waals surface area contributed by atoms with Crippen molar-refractivity contribution in [2.45, 2.75) is 38.9 Å². The Balaban J connectivity index is 1.95. The molecule has 1 aliphatic heterocycles. The molecular formula is C24H26ClN3O5. The van der Waals surface area contributed by atoms with Crippen molar-refractivity contribution >= 4 is 17.6 Å². The van der Waals surface area contributed by atoms with Crippen molar-refractivity contribution in [2.75, 3.05) is 20.8 Å². The van der Waals surface area contributed by atoms with E-state index >= 15 is 0 Å². The summed E-state index contributed by atoms with van der Waals surface area (Å²) in [5.41, 5.74) is 2.37. The molecule has 0 aliphatic carbocycles. The van der Waals surface area contributed by atoms with Gasteiger partial charge in [0.15, 0.2) is 17.3 Å². The number of hydrogen-bond acceptors (Lipinski definition) is 7. The van der Waals surface area contributed by atoms with Crippen LogP contribution in [0.5, 0.6) is 11.5 Å². The summed E-state index contributed by atoms with van der Waals surface area (Å²) in [5, 5.41) is 9.30. The maximum absolute atomic E-state index is 12.5. The molecule has 0 spiro atoms. The molecule has 0 bridgehead atoms. The largest absolute Gasteiger partial charge is 0.493 e. The van der Waals surface area contributed by atoms with Gasteiger partial charge in [-0.2, -0.15) is 0 Å². The van der Waals surface area contributed by atoms with E-state index in [9.17, 15) is 4.79 Å². The van der Waals surface area contributed by atoms with Crippen LogP contribution in [0, 0.1) is 0 Å². The normalized spacial score (nSPS) is 17.0. The van der Waals surface area contributed by atoms with Crippen LogP contribution in [0.3, 0.4) is 0 Å². The first kappa shape index (κ1) is 23.1. The zero-order valence-corrected chi connectivity index (χ0v) is 19.8. The van der Waals surface area contributed by atoms with Crippen LogP contribution in [0.25, 0.3) is 5.69 Å². The Morgan fingerprint density at radius 2 is 1.94 bits per heavy atom. The van der Waals surface area contributed by atoms with Crippen molar-refractivity contribution in [3.63, 3.8) is 0 Å². The van der Waals surface area contributed by atoms with E-state index in [0.717, 1.165) is 22.6 Å². The topological polar surface area (TPSA) is 84.7 Å². The van der Waals surface area contributed by atoms with Crippen molar-refractivity contribution < 1.29 is 23.7 Å². The van der Waals surface area contributed by atoms with Gasteiger partial charge in [0.05, 0.1) is 32.9 Å². The Hall–Kier alpha value is -3.10. The lowest BCUT2D eigenvalue weighted by atomic mass is 9.98. The summed E-state index contributed by atoms with van der Waals surface area (Å²) in [4.78, 5) is 12.5. The number of carbonyl (C=O) groups excluding carboxylic acids is 1. The SMILES string of the molecule is CCOC(=O)C[C@H]1O[C@H](c2cccc(OC)c2OC)c2cc(Cl)ccc2-n2c(CC)nnc21. The molecule has 0 saturated heterocycles. The van der Waals surface area contributed by atoms with Gasteiger partial charge >= 0.3 is 5.97 Å². The third kappa shape index (κ3) is 4.28. The molecule has 1 aliphatic rings. The van der Waals surface area contributed by atoms with E-state index in [2.05, 4.69) is 10.2 Å². The summed E-state index contributed by atoms with van der Waals surface area (Å²) < 4.78 is 25.0. The average Bonchev–Trinajstić information content (AvgIpc) is 3.20. The quantitative estimate of drug-likeness (QED) is 0.465. The van der Waals surface area contributed by atoms with Crippen LogP contribution < -0.4 is 9.47 Å². The highest BCUT2D eigenvalue weighted by Gasteiger charge is 2.36. The van der Waals surface area contributed by atoms with Crippen molar-refractivity contribution in [2.24, 2.45) is 0 Å². The van der Waals surface area contributed by atoms with Gasteiger partial charge in [0, 0.05) is 22.6 Å². The number of aryl methyl sites for hydroxylation is 1. The predicted octanol–water partition coefficient (Wildman–Crippen LogP) is 4.61. The van der Waals surface area contributed by atoms with Gasteiger partial charge in [-0.05, 0) is 31.2 Å². The smallest absolute Gasteiger partial charge is 0.308 e. The van der Waals surface area contributed by atoms with Crippen LogP contribution in [0.2, 0.25) is 5.02 Å². The molecule has 174 valence electrons. The number of rotatable bonds is 7. The summed E-state index contributed by atoms with van der Waals surface area (Å²) in [6, 6.07) is 11.2. The molecule has 8 nitrogen and oxygen atoms in total. The van der Waals surface area contributed by atoms with Gasteiger partial charge in [-0.1, -0.05) is 30.7 Å². The average molecular weight is 472 g/mol. The number of para-hydroxylation sites is 1. The third-order valence-corrected chi connectivity index (χ3v) is 5.78. The standard InChI is InChI=1S/C24H26ClN3O5/c1-5-20-26-27-24-19(13-21(29)32-6-2)33-22(15-8-7-9-18(30-3)23(15)31-4)16-12-14(25)10-11-17(16)28(20)24/h7-12,19,22H,5-6,13H2,1-4H3/t19-,22-/m1/s1. The number of esters is 1. The minimum atomic E-state index is -0.705. The fourth-order valence-electron chi connectivity index (χ4n) is 4.14.